The number of benzene rings is 2. The summed E-state index contributed by atoms with van der Waals surface area (Å²) in [5, 5.41) is 2.67. The van der Waals surface area contributed by atoms with E-state index in [1.54, 1.807) is 60.7 Å². The van der Waals surface area contributed by atoms with Crippen molar-refractivity contribution in [2.24, 2.45) is 0 Å². The third-order valence-corrected chi connectivity index (χ3v) is 5.42. The summed E-state index contributed by atoms with van der Waals surface area (Å²) in [4.78, 5) is 12.0. The molecule has 0 saturated carbocycles. The Hall–Kier alpha value is -3.32. The lowest BCUT2D eigenvalue weighted by atomic mass is 10.2. The van der Waals surface area contributed by atoms with Gasteiger partial charge < -0.3 is 11.1 Å². The second-order valence-electron chi connectivity index (χ2n) is 5.93. The zero-order chi connectivity index (χ0) is 19.3. The fraction of sp³-hybridized carbons (Fsp3) is 0.0500. The first-order chi connectivity index (χ1) is 12.9. The van der Waals surface area contributed by atoms with E-state index in [1.807, 2.05) is 6.07 Å². The van der Waals surface area contributed by atoms with Crippen LogP contribution in [0.2, 0.25) is 0 Å². The summed E-state index contributed by atoms with van der Waals surface area (Å²) in [6, 6.07) is 17.5. The zero-order valence-corrected chi connectivity index (χ0v) is 15.3. The van der Waals surface area contributed by atoms with Crippen LogP contribution in [0.4, 0.5) is 11.4 Å². The Morgan fingerprint density at radius 2 is 1.74 bits per heavy atom. The van der Waals surface area contributed by atoms with Gasteiger partial charge in [-0.1, -0.05) is 42.5 Å². The van der Waals surface area contributed by atoms with E-state index >= 15 is 0 Å². The Kier molecular flexibility index (Phi) is 5.42. The molecule has 0 aliphatic heterocycles. The van der Waals surface area contributed by atoms with Gasteiger partial charge in [-0.3, -0.25) is 8.77 Å². The molecule has 0 saturated heterocycles. The molecule has 0 aliphatic rings. The molecular formula is C20H19N3O3S. The highest BCUT2D eigenvalue weighted by Gasteiger charge is 2.13. The average molecular weight is 381 g/mol. The van der Waals surface area contributed by atoms with E-state index in [9.17, 15) is 13.2 Å². The highest BCUT2D eigenvalue weighted by atomic mass is 32.2. The Labute approximate surface area is 158 Å². The van der Waals surface area contributed by atoms with E-state index in [2.05, 4.69) is 5.32 Å². The number of rotatable bonds is 6. The van der Waals surface area contributed by atoms with Crippen LogP contribution in [0.3, 0.4) is 0 Å². The van der Waals surface area contributed by atoms with Crippen LogP contribution in [0.5, 0.6) is 0 Å². The van der Waals surface area contributed by atoms with Crippen LogP contribution in [0.15, 0.2) is 79.1 Å². The van der Waals surface area contributed by atoms with Crippen LogP contribution >= 0.6 is 0 Å². The van der Waals surface area contributed by atoms with Crippen LogP contribution in [0.1, 0.15) is 11.1 Å². The fourth-order valence-corrected chi connectivity index (χ4v) is 3.77. The van der Waals surface area contributed by atoms with Crippen molar-refractivity contribution >= 4 is 33.4 Å². The van der Waals surface area contributed by atoms with Crippen LogP contribution in [-0.2, 0) is 20.6 Å². The van der Waals surface area contributed by atoms with Crippen LogP contribution in [0.25, 0.3) is 6.08 Å². The van der Waals surface area contributed by atoms with Gasteiger partial charge in [0, 0.05) is 18.5 Å². The molecule has 1 heterocycles. The molecule has 0 bridgehead atoms. The third-order valence-electron chi connectivity index (χ3n) is 3.85. The topological polar surface area (TPSA) is 94.2 Å². The van der Waals surface area contributed by atoms with E-state index < -0.39 is 10.0 Å². The maximum absolute atomic E-state index is 12.5. The number of amides is 1. The zero-order valence-electron chi connectivity index (χ0n) is 14.4. The minimum absolute atomic E-state index is 0.0978. The number of carbonyl (C=O) groups excluding carboxylic acids is 1. The molecule has 27 heavy (non-hydrogen) atoms. The van der Waals surface area contributed by atoms with Gasteiger partial charge in [0.15, 0.2) is 0 Å². The van der Waals surface area contributed by atoms with E-state index in [-0.39, 0.29) is 11.7 Å². The number of aromatic nitrogens is 1. The molecule has 0 spiro atoms. The molecule has 7 heteroatoms. The Bertz CT molecular complexity index is 1070. The molecule has 0 aliphatic carbocycles. The monoisotopic (exact) mass is 381 g/mol. The minimum atomic E-state index is -3.52. The maximum Gasteiger partial charge on any atom is 0.248 e. The van der Waals surface area contributed by atoms with Crippen LogP contribution in [0, 0.1) is 0 Å². The summed E-state index contributed by atoms with van der Waals surface area (Å²) in [7, 11) is -3.52. The number of hydrogen-bond donors (Lipinski definition) is 2. The van der Waals surface area contributed by atoms with E-state index in [1.165, 1.54) is 18.5 Å². The highest BCUT2D eigenvalue weighted by molar-refractivity contribution is 7.89. The summed E-state index contributed by atoms with van der Waals surface area (Å²) in [6.07, 6.45) is 5.81. The summed E-state index contributed by atoms with van der Waals surface area (Å²) < 4.78 is 26.1. The first-order valence-electron chi connectivity index (χ1n) is 8.23. The molecule has 2 aromatic carbocycles. The molecule has 138 valence electrons. The van der Waals surface area contributed by atoms with Gasteiger partial charge in [-0.2, -0.15) is 0 Å². The lowest BCUT2D eigenvalue weighted by Gasteiger charge is -2.05. The number of nitrogen functional groups attached to an aromatic ring is 1. The van der Waals surface area contributed by atoms with Gasteiger partial charge in [-0.05, 0) is 35.4 Å². The van der Waals surface area contributed by atoms with E-state index in [0.717, 1.165) is 3.97 Å². The normalized spacial score (nSPS) is 11.6. The highest BCUT2D eigenvalue weighted by Crippen LogP contribution is 2.17. The maximum atomic E-state index is 12.5. The quantitative estimate of drug-likeness (QED) is 0.507. The van der Waals surface area contributed by atoms with Crippen molar-refractivity contribution in [1.29, 1.82) is 0 Å². The number of anilines is 2. The first-order valence-corrected chi connectivity index (χ1v) is 9.84. The Morgan fingerprint density at radius 3 is 2.48 bits per heavy atom. The van der Waals surface area contributed by atoms with Crippen LogP contribution in [-0.4, -0.2) is 18.3 Å². The van der Waals surface area contributed by atoms with Gasteiger partial charge in [0.05, 0.1) is 17.1 Å². The van der Waals surface area contributed by atoms with Crippen molar-refractivity contribution < 1.29 is 13.2 Å². The van der Waals surface area contributed by atoms with Crippen molar-refractivity contribution in [3.05, 3.63) is 90.3 Å². The van der Waals surface area contributed by atoms with Crippen molar-refractivity contribution in [1.82, 2.24) is 3.97 Å². The second kappa shape index (κ2) is 7.92. The summed E-state index contributed by atoms with van der Waals surface area (Å²) in [5.41, 5.74) is 8.09. The molecule has 0 radical (unpaired) electrons. The molecule has 0 atom stereocenters. The number of nitrogens with one attached hydrogen (secondary N) is 1. The summed E-state index contributed by atoms with van der Waals surface area (Å²) >= 11 is 0. The van der Waals surface area contributed by atoms with E-state index in [0.29, 0.717) is 22.5 Å². The number of nitrogens with two attached hydrogens (primary N) is 1. The Balaban J connectivity index is 1.67. The predicted octanol–water partition coefficient (Wildman–Crippen LogP) is 3.10. The summed E-state index contributed by atoms with van der Waals surface area (Å²) in [5.74, 6) is -0.452. The largest absolute Gasteiger partial charge is 0.397 e. The molecule has 1 aromatic heterocycles. The molecule has 1 amide bonds. The number of nitrogens with zero attached hydrogens (tertiary/aromatic N) is 1. The van der Waals surface area contributed by atoms with Crippen molar-refractivity contribution in [2.75, 3.05) is 11.1 Å². The second-order valence-corrected chi connectivity index (χ2v) is 7.80. The Morgan fingerprint density at radius 1 is 1.04 bits per heavy atom. The molecule has 6 nitrogen and oxygen atoms in total. The SMILES string of the molecule is Nc1ccccc1NC(=O)C=Cc1ccn(S(=O)(=O)Cc2ccccc2)c1. The molecule has 3 rings (SSSR count). The lowest BCUT2D eigenvalue weighted by Crippen LogP contribution is -2.13. The minimum Gasteiger partial charge on any atom is -0.397 e. The molecule has 3 aromatic rings. The third kappa shape index (κ3) is 4.86. The van der Waals surface area contributed by atoms with Crippen molar-refractivity contribution in [3.8, 4) is 0 Å². The molecule has 0 fully saturated rings. The predicted molar refractivity (Wildman–Crippen MR) is 107 cm³/mol. The summed E-state index contributed by atoms with van der Waals surface area (Å²) in [6.45, 7) is 0. The van der Waals surface area contributed by atoms with Crippen LogP contribution < -0.4 is 11.1 Å². The number of para-hydroxylation sites is 2. The van der Waals surface area contributed by atoms with Gasteiger partial charge in [-0.25, -0.2) is 8.42 Å². The lowest BCUT2D eigenvalue weighted by molar-refractivity contribution is -0.111. The van der Waals surface area contributed by atoms with Gasteiger partial charge in [0.1, 0.15) is 0 Å². The molecule has 3 N–H and O–H groups in total. The average Bonchev–Trinajstić information content (AvgIpc) is 3.13. The fourth-order valence-electron chi connectivity index (χ4n) is 2.48. The standard InChI is InChI=1S/C20H19N3O3S/c21-18-8-4-5-9-19(18)22-20(24)11-10-16-12-13-23(14-16)27(25,26)15-17-6-2-1-3-7-17/h1-14H,15,21H2,(H,22,24). The van der Waals surface area contributed by atoms with Gasteiger partial charge >= 0.3 is 0 Å². The van der Waals surface area contributed by atoms with E-state index in [4.69, 9.17) is 5.73 Å². The van der Waals surface area contributed by atoms with Crippen molar-refractivity contribution in [3.63, 3.8) is 0 Å². The first kappa shape index (κ1) is 18.5. The van der Waals surface area contributed by atoms with Gasteiger partial charge in [0.2, 0.25) is 15.9 Å². The van der Waals surface area contributed by atoms with Gasteiger partial charge in [-0.15, -0.1) is 0 Å². The number of hydrogen-bond acceptors (Lipinski definition) is 4. The molecule has 0 unspecified atom stereocenters. The smallest absolute Gasteiger partial charge is 0.248 e. The van der Waals surface area contributed by atoms with Crippen molar-refractivity contribution in [2.45, 2.75) is 5.75 Å². The van der Waals surface area contributed by atoms with Gasteiger partial charge in [0.25, 0.3) is 0 Å². The molecular weight excluding hydrogens is 362 g/mol. The number of carbonyl (C=O) groups is 1.